The van der Waals surface area contributed by atoms with E-state index in [1.165, 1.54) is 0 Å². The van der Waals surface area contributed by atoms with Gasteiger partial charge in [-0.05, 0) is 26.0 Å². The lowest BCUT2D eigenvalue weighted by atomic mass is 10.3. The highest BCUT2D eigenvalue weighted by atomic mass is 79.9. The minimum Gasteiger partial charge on any atom is -0.207 e. The molecule has 0 radical (unpaired) electrons. The third kappa shape index (κ3) is 3.27. The van der Waals surface area contributed by atoms with Crippen LogP contribution in [0.2, 0.25) is 0 Å². The molecule has 18 heavy (non-hydrogen) atoms. The Bertz CT molecular complexity index is 520. The lowest BCUT2D eigenvalue weighted by Gasteiger charge is -2.25. The Labute approximate surface area is 114 Å². The summed E-state index contributed by atoms with van der Waals surface area (Å²) in [5.74, 6) is -1.88. The van der Waals surface area contributed by atoms with E-state index < -0.39 is 26.6 Å². The average Bonchev–Trinajstić information content (AvgIpc) is 2.24. The summed E-state index contributed by atoms with van der Waals surface area (Å²) in [4.78, 5) is -0.501. The largest absolute Gasteiger partial charge is 0.246 e. The molecule has 0 spiro atoms. The molecule has 0 aliphatic carbocycles. The second-order valence-electron chi connectivity index (χ2n) is 3.97. The summed E-state index contributed by atoms with van der Waals surface area (Å²) >= 11 is 3.15. The third-order valence-electron chi connectivity index (χ3n) is 2.36. The summed E-state index contributed by atoms with van der Waals surface area (Å²) in [7, 11) is -3.95. The van der Waals surface area contributed by atoms with E-state index in [1.54, 1.807) is 13.8 Å². The molecule has 1 aromatic rings. The average molecular weight is 342 g/mol. The van der Waals surface area contributed by atoms with Crippen molar-refractivity contribution >= 4 is 26.0 Å². The minimum absolute atomic E-state index is 0.219. The quantitative estimate of drug-likeness (QED) is 0.772. The highest BCUT2D eigenvalue weighted by Gasteiger charge is 2.29. The predicted molar refractivity (Wildman–Crippen MR) is 69.2 cm³/mol. The van der Waals surface area contributed by atoms with Crippen molar-refractivity contribution in [2.75, 3.05) is 11.9 Å². The van der Waals surface area contributed by atoms with Gasteiger partial charge < -0.3 is 0 Å². The smallest absolute Gasteiger partial charge is 0.207 e. The monoisotopic (exact) mass is 341 g/mol. The van der Waals surface area contributed by atoms with Gasteiger partial charge in [0.2, 0.25) is 10.0 Å². The summed E-state index contributed by atoms with van der Waals surface area (Å²) in [6, 6.07) is 2.14. The zero-order valence-electron chi connectivity index (χ0n) is 10.0. The van der Waals surface area contributed by atoms with Gasteiger partial charge in [-0.15, -0.1) is 0 Å². The first kappa shape index (κ1) is 15.5. The van der Waals surface area contributed by atoms with Crippen molar-refractivity contribution in [3.63, 3.8) is 0 Å². The van der Waals surface area contributed by atoms with Gasteiger partial charge in [0.1, 0.15) is 16.5 Å². The second kappa shape index (κ2) is 6.08. The Balaban J connectivity index is 3.26. The molecule has 0 aliphatic rings. The zero-order valence-corrected chi connectivity index (χ0v) is 12.4. The summed E-state index contributed by atoms with van der Waals surface area (Å²) < 4.78 is 52.0. The first-order valence-corrected chi connectivity index (χ1v) is 7.89. The van der Waals surface area contributed by atoms with Crippen LogP contribution in [0, 0.1) is 11.6 Å². The SMILES string of the molecule is CC(C)N(CCBr)S(=O)(=O)c1ccc(F)cc1F. The number of sulfonamides is 1. The van der Waals surface area contributed by atoms with E-state index in [4.69, 9.17) is 0 Å². The van der Waals surface area contributed by atoms with E-state index in [0.29, 0.717) is 11.4 Å². The van der Waals surface area contributed by atoms with E-state index in [-0.39, 0.29) is 12.6 Å². The molecule has 0 atom stereocenters. The van der Waals surface area contributed by atoms with Gasteiger partial charge in [0.25, 0.3) is 0 Å². The highest BCUT2D eigenvalue weighted by Crippen LogP contribution is 2.22. The van der Waals surface area contributed by atoms with Crippen LogP contribution in [0.1, 0.15) is 13.8 Å². The molecule has 0 heterocycles. The molecule has 102 valence electrons. The third-order valence-corrected chi connectivity index (χ3v) is 4.82. The van der Waals surface area contributed by atoms with Gasteiger partial charge in [-0.25, -0.2) is 17.2 Å². The highest BCUT2D eigenvalue weighted by molar-refractivity contribution is 9.09. The Kier molecular flexibility index (Phi) is 5.24. The second-order valence-corrected chi connectivity index (χ2v) is 6.63. The van der Waals surface area contributed by atoms with E-state index in [0.717, 1.165) is 16.4 Å². The molecule has 0 fully saturated rings. The van der Waals surface area contributed by atoms with E-state index in [2.05, 4.69) is 15.9 Å². The van der Waals surface area contributed by atoms with Gasteiger partial charge >= 0.3 is 0 Å². The Morgan fingerprint density at radius 1 is 1.33 bits per heavy atom. The van der Waals surface area contributed by atoms with Crippen molar-refractivity contribution in [1.82, 2.24) is 4.31 Å². The minimum atomic E-state index is -3.95. The summed E-state index contributed by atoms with van der Waals surface area (Å²) in [6.07, 6.45) is 0. The zero-order chi connectivity index (χ0) is 13.9. The Hall–Kier alpha value is -0.530. The molecular weight excluding hydrogens is 328 g/mol. The standard InChI is InChI=1S/C11H14BrF2NO2S/c1-8(2)15(6-5-12)18(16,17)11-4-3-9(13)7-10(11)14/h3-4,7-8H,5-6H2,1-2H3. The molecule has 0 N–H and O–H groups in total. The topological polar surface area (TPSA) is 37.4 Å². The van der Waals surface area contributed by atoms with Crippen LogP contribution < -0.4 is 0 Å². The van der Waals surface area contributed by atoms with Crippen molar-refractivity contribution < 1.29 is 17.2 Å². The Morgan fingerprint density at radius 2 is 1.94 bits per heavy atom. The van der Waals surface area contributed by atoms with Crippen LogP contribution in [-0.4, -0.2) is 30.6 Å². The van der Waals surface area contributed by atoms with E-state index in [1.807, 2.05) is 0 Å². The molecule has 0 amide bonds. The predicted octanol–water partition coefficient (Wildman–Crippen LogP) is 2.76. The fourth-order valence-electron chi connectivity index (χ4n) is 1.55. The van der Waals surface area contributed by atoms with Gasteiger partial charge in [-0.3, -0.25) is 0 Å². The van der Waals surface area contributed by atoms with Crippen LogP contribution in [0.25, 0.3) is 0 Å². The van der Waals surface area contributed by atoms with Crippen LogP contribution in [0.3, 0.4) is 0 Å². The Morgan fingerprint density at radius 3 is 2.39 bits per heavy atom. The first-order chi connectivity index (χ1) is 8.30. The fraction of sp³-hybridized carbons (Fsp3) is 0.455. The van der Waals surface area contributed by atoms with Gasteiger partial charge in [0.15, 0.2) is 0 Å². The number of alkyl halides is 1. The molecule has 0 aromatic heterocycles. The maximum Gasteiger partial charge on any atom is 0.246 e. The van der Waals surface area contributed by atoms with Crippen molar-refractivity contribution in [2.45, 2.75) is 24.8 Å². The molecule has 0 saturated heterocycles. The van der Waals surface area contributed by atoms with Crippen LogP contribution in [0.5, 0.6) is 0 Å². The maximum atomic E-state index is 13.6. The van der Waals surface area contributed by atoms with Crippen molar-refractivity contribution in [3.05, 3.63) is 29.8 Å². The van der Waals surface area contributed by atoms with Crippen molar-refractivity contribution in [3.8, 4) is 0 Å². The maximum absolute atomic E-state index is 13.6. The number of rotatable bonds is 5. The van der Waals surface area contributed by atoms with Crippen LogP contribution in [0.4, 0.5) is 8.78 Å². The molecule has 7 heteroatoms. The van der Waals surface area contributed by atoms with Crippen molar-refractivity contribution in [1.29, 1.82) is 0 Å². The number of hydrogen-bond donors (Lipinski definition) is 0. The lowest BCUT2D eigenvalue weighted by molar-refractivity contribution is 0.369. The fourth-order valence-corrected chi connectivity index (χ4v) is 3.85. The van der Waals surface area contributed by atoms with Crippen LogP contribution >= 0.6 is 15.9 Å². The molecule has 0 bridgehead atoms. The van der Waals surface area contributed by atoms with Gasteiger partial charge in [0, 0.05) is 24.0 Å². The number of nitrogens with zero attached hydrogens (tertiary/aromatic N) is 1. The van der Waals surface area contributed by atoms with Gasteiger partial charge in [0.05, 0.1) is 0 Å². The molecule has 0 unspecified atom stereocenters. The molecular formula is C11H14BrF2NO2S. The number of hydrogen-bond acceptors (Lipinski definition) is 2. The van der Waals surface area contributed by atoms with E-state index >= 15 is 0 Å². The molecule has 0 aliphatic heterocycles. The molecule has 3 nitrogen and oxygen atoms in total. The summed E-state index contributed by atoms with van der Waals surface area (Å²) in [5, 5.41) is 0.438. The molecule has 1 aromatic carbocycles. The summed E-state index contributed by atoms with van der Waals surface area (Å²) in [5.41, 5.74) is 0. The van der Waals surface area contributed by atoms with Gasteiger partial charge in [-0.2, -0.15) is 4.31 Å². The first-order valence-electron chi connectivity index (χ1n) is 5.33. The lowest BCUT2D eigenvalue weighted by Crippen LogP contribution is -2.38. The molecule has 0 saturated carbocycles. The van der Waals surface area contributed by atoms with Crippen LogP contribution in [-0.2, 0) is 10.0 Å². The normalized spacial score (nSPS) is 12.4. The van der Waals surface area contributed by atoms with Gasteiger partial charge in [-0.1, -0.05) is 15.9 Å². The van der Waals surface area contributed by atoms with Crippen molar-refractivity contribution in [2.24, 2.45) is 0 Å². The number of halogens is 3. The van der Waals surface area contributed by atoms with E-state index in [9.17, 15) is 17.2 Å². The number of benzene rings is 1. The molecule has 1 rings (SSSR count). The van der Waals surface area contributed by atoms with Crippen LogP contribution in [0.15, 0.2) is 23.1 Å². The summed E-state index contributed by atoms with van der Waals surface area (Å²) in [6.45, 7) is 3.61.